The number of hydrogen-bond acceptors (Lipinski definition) is 6. The molecule has 84 valence electrons. The molecule has 1 heterocycles. The Morgan fingerprint density at radius 2 is 1.94 bits per heavy atom. The van der Waals surface area contributed by atoms with Crippen LogP contribution in [0.1, 0.15) is 6.42 Å². The lowest BCUT2D eigenvalue weighted by Gasteiger charge is -2.17. The molecule has 0 aromatic carbocycles. The highest BCUT2D eigenvalue weighted by Crippen LogP contribution is 2.14. The number of nitrogen functional groups attached to an aromatic ring is 2. The largest absolute Gasteiger partial charge is 0.368 e. The van der Waals surface area contributed by atoms with E-state index >= 15 is 0 Å². The minimum absolute atomic E-state index is 0.144. The third-order valence-electron chi connectivity index (χ3n) is 2.27. The van der Waals surface area contributed by atoms with Crippen molar-refractivity contribution in [2.75, 3.05) is 30.0 Å². The van der Waals surface area contributed by atoms with Gasteiger partial charge in [-0.05, 0) is 12.0 Å². The Labute approximate surface area is 93.7 Å². The summed E-state index contributed by atoms with van der Waals surface area (Å²) in [6.07, 6.45) is 7.35. The Morgan fingerprint density at radius 1 is 1.25 bits per heavy atom. The molecule has 0 saturated heterocycles. The average molecular weight is 218 g/mol. The molecule has 16 heavy (non-hydrogen) atoms. The Kier molecular flexibility index (Phi) is 2.72. The molecule has 0 aliphatic heterocycles. The predicted molar refractivity (Wildman–Crippen MR) is 63.8 cm³/mol. The molecule has 1 aliphatic rings. The van der Waals surface area contributed by atoms with E-state index in [0.29, 0.717) is 5.95 Å². The maximum absolute atomic E-state index is 5.51. The molecule has 0 spiro atoms. The molecule has 1 aliphatic carbocycles. The number of nitrogens with zero attached hydrogens (tertiary/aromatic N) is 4. The maximum Gasteiger partial charge on any atom is 0.231 e. The van der Waals surface area contributed by atoms with Crippen molar-refractivity contribution in [1.82, 2.24) is 15.0 Å². The smallest absolute Gasteiger partial charge is 0.231 e. The van der Waals surface area contributed by atoms with Crippen molar-refractivity contribution >= 4 is 17.8 Å². The van der Waals surface area contributed by atoms with Crippen LogP contribution in [-0.4, -0.2) is 28.5 Å². The fraction of sp³-hybridized carbons (Fsp3) is 0.300. The summed E-state index contributed by atoms with van der Waals surface area (Å²) in [6.45, 7) is 0.736. The van der Waals surface area contributed by atoms with Gasteiger partial charge in [-0.2, -0.15) is 15.0 Å². The summed E-state index contributed by atoms with van der Waals surface area (Å²) >= 11 is 0. The molecular formula is C10H14N6. The normalized spacial score (nSPS) is 13.9. The van der Waals surface area contributed by atoms with Crippen LogP contribution in [0.5, 0.6) is 0 Å². The quantitative estimate of drug-likeness (QED) is 0.760. The highest BCUT2D eigenvalue weighted by atomic mass is 15.3. The topological polar surface area (TPSA) is 94.0 Å². The number of hydrogen-bond donors (Lipinski definition) is 2. The van der Waals surface area contributed by atoms with Crippen LogP contribution in [-0.2, 0) is 0 Å². The lowest BCUT2D eigenvalue weighted by molar-refractivity contribution is 0.913. The maximum atomic E-state index is 5.51. The SMILES string of the molecule is CN(CC1=CCC=C1)c1nc(N)nc(N)n1. The third-order valence-corrected chi connectivity index (χ3v) is 2.27. The number of likely N-dealkylation sites (N-methyl/N-ethyl adjacent to an activating group) is 1. The van der Waals surface area contributed by atoms with E-state index in [-0.39, 0.29) is 11.9 Å². The summed E-state index contributed by atoms with van der Waals surface area (Å²) in [5.41, 5.74) is 12.3. The van der Waals surface area contributed by atoms with Crippen LogP contribution < -0.4 is 16.4 Å². The first-order valence-corrected chi connectivity index (χ1v) is 4.99. The molecule has 0 fully saturated rings. The molecule has 1 aromatic rings. The van der Waals surface area contributed by atoms with Crippen molar-refractivity contribution in [1.29, 1.82) is 0 Å². The molecule has 0 radical (unpaired) electrons. The van der Waals surface area contributed by atoms with E-state index in [1.165, 1.54) is 5.57 Å². The Balaban J connectivity index is 2.13. The molecular weight excluding hydrogens is 204 g/mol. The number of aromatic nitrogens is 3. The van der Waals surface area contributed by atoms with Gasteiger partial charge in [-0.1, -0.05) is 18.2 Å². The Hall–Kier alpha value is -2.11. The predicted octanol–water partition coefficient (Wildman–Crippen LogP) is 0.359. The first-order valence-electron chi connectivity index (χ1n) is 4.99. The van der Waals surface area contributed by atoms with E-state index in [9.17, 15) is 0 Å². The second kappa shape index (κ2) is 4.18. The molecule has 0 atom stereocenters. The number of allylic oxidation sites excluding steroid dienone is 2. The van der Waals surface area contributed by atoms with E-state index in [0.717, 1.165) is 13.0 Å². The van der Waals surface area contributed by atoms with Crippen LogP contribution in [0.2, 0.25) is 0 Å². The Bertz CT molecular complexity index is 430. The summed E-state index contributed by atoms with van der Waals surface area (Å²) in [6, 6.07) is 0. The molecule has 4 N–H and O–H groups in total. The zero-order chi connectivity index (χ0) is 11.5. The van der Waals surface area contributed by atoms with Crippen molar-refractivity contribution < 1.29 is 0 Å². The Morgan fingerprint density at radius 3 is 2.50 bits per heavy atom. The van der Waals surface area contributed by atoms with E-state index in [1.54, 1.807) is 0 Å². The van der Waals surface area contributed by atoms with Crippen LogP contribution in [0.15, 0.2) is 23.8 Å². The van der Waals surface area contributed by atoms with E-state index in [1.807, 2.05) is 11.9 Å². The molecule has 0 amide bonds. The van der Waals surface area contributed by atoms with E-state index < -0.39 is 0 Å². The summed E-state index contributed by atoms with van der Waals surface area (Å²) in [5, 5.41) is 0. The first kappa shape index (κ1) is 10.4. The van der Waals surface area contributed by atoms with Crippen molar-refractivity contribution in [2.24, 2.45) is 0 Å². The zero-order valence-corrected chi connectivity index (χ0v) is 9.09. The van der Waals surface area contributed by atoms with Gasteiger partial charge in [-0.3, -0.25) is 0 Å². The van der Waals surface area contributed by atoms with Gasteiger partial charge < -0.3 is 16.4 Å². The van der Waals surface area contributed by atoms with Crippen molar-refractivity contribution in [2.45, 2.75) is 6.42 Å². The van der Waals surface area contributed by atoms with Gasteiger partial charge in [0.15, 0.2) is 0 Å². The van der Waals surface area contributed by atoms with Gasteiger partial charge >= 0.3 is 0 Å². The van der Waals surface area contributed by atoms with Crippen LogP contribution in [0.25, 0.3) is 0 Å². The van der Waals surface area contributed by atoms with Crippen LogP contribution in [0.4, 0.5) is 17.8 Å². The summed E-state index contributed by atoms with van der Waals surface area (Å²) < 4.78 is 0. The second-order valence-electron chi connectivity index (χ2n) is 3.62. The van der Waals surface area contributed by atoms with Gasteiger partial charge in [-0.25, -0.2) is 0 Å². The molecule has 0 unspecified atom stereocenters. The number of nitrogens with two attached hydrogens (primary N) is 2. The molecule has 6 nitrogen and oxygen atoms in total. The van der Waals surface area contributed by atoms with Crippen LogP contribution >= 0.6 is 0 Å². The van der Waals surface area contributed by atoms with E-state index in [4.69, 9.17) is 11.5 Å². The zero-order valence-electron chi connectivity index (χ0n) is 9.09. The van der Waals surface area contributed by atoms with Crippen LogP contribution in [0, 0.1) is 0 Å². The minimum Gasteiger partial charge on any atom is -0.368 e. The fourth-order valence-corrected chi connectivity index (χ4v) is 1.54. The van der Waals surface area contributed by atoms with Gasteiger partial charge in [0.25, 0.3) is 0 Å². The fourth-order valence-electron chi connectivity index (χ4n) is 1.54. The average Bonchev–Trinajstić information content (AvgIpc) is 2.68. The van der Waals surface area contributed by atoms with Gasteiger partial charge in [0.05, 0.1) is 0 Å². The molecule has 0 saturated carbocycles. The van der Waals surface area contributed by atoms with Gasteiger partial charge in [0.2, 0.25) is 17.8 Å². The molecule has 1 aromatic heterocycles. The van der Waals surface area contributed by atoms with E-state index in [2.05, 4.69) is 33.2 Å². The lowest BCUT2D eigenvalue weighted by Crippen LogP contribution is -2.23. The number of rotatable bonds is 3. The summed E-state index contributed by atoms with van der Waals surface area (Å²) in [4.78, 5) is 13.7. The summed E-state index contributed by atoms with van der Waals surface area (Å²) in [5.74, 6) is 0.779. The van der Waals surface area contributed by atoms with Crippen molar-refractivity contribution in [3.8, 4) is 0 Å². The highest BCUT2D eigenvalue weighted by molar-refractivity contribution is 5.42. The second-order valence-corrected chi connectivity index (χ2v) is 3.62. The monoisotopic (exact) mass is 218 g/mol. The standard InChI is InChI=1S/C10H14N6/c1-16(6-7-4-2-3-5-7)10-14-8(11)13-9(12)15-10/h2,4-5H,3,6H2,1H3,(H4,11,12,13,14,15). The molecule has 0 bridgehead atoms. The summed E-state index contributed by atoms with van der Waals surface area (Å²) in [7, 11) is 1.89. The third kappa shape index (κ3) is 2.28. The highest BCUT2D eigenvalue weighted by Gasteiger charge is 2.09. The minimum atomic E-state index is 0.144. The molecule has 6 heteroatoms. The van der Waals surface area contributed by atoms with Gasteiger partial charge in [0, 0.05) is 13.6 Å². The number of anilines is 3. The van der Waals surface area contributed by atoms with Gasteiger partial charge in [-0.15, -0.1) is 0 Å². The van der Waals surface area contributed by atoms with Gasteiger partial charge in [0.1, 0.15) is 0 Å². The molecule has 2 rings (SSSR count). The first-order chi connectivity index (χ1) is 7.65. The van der Waals surface area contributed by atoms with Crippen molar-refractivity contribution in [3.05, 3.63) is 23.8 Å². The van der Waals surface area contributed by atoms with Crippen molar-refractivity contribution in [3.63, 3.8) is 0 Å². The lowest BCUT2D eigenvalue weighted by atomic mass is 10.3. The van der Waals surface area contributed by atoms with Crippen LogP contribution in [0.3, 0.4) is 0 Å².